The Bertz CT molecular complexity index is 487. The Balaban J connectivity index is 2.28. The number of carbonyl (C=O) groups is 2. The number of nitrogens with one attached hydrogen (secondary N) is 3. The molecule has 1 rings (SSSR count). The van der Waals surface area contributed by atoms with Gasteiger partial charge in [-0.15, -0.1) is 0 Å². The zero-order valence-corrected chi connectivity index (χ0v) is 14.1. The standard InChI is InChI=1S/C16H27N3O3/c1-15(2,3)11-16(4,5)19-13(20)10-18-14(21)17-9-12-7-6-8-22-12/h6-8H,9-11H2,1-5H3,(H,19,20)(H2,17,18,21). The summed E-state index contributed by atoms with van der Waals surface area (Å²) in [5.41, 5.74) is -0.202. The monoisotopic (exact) mass is 309 g/mol. The lowest BCUT2D eigenvalue weighted by Gasteiger charge is -2.33. The van der Waals surface area contributed by atoms with Gasteiger partial charge >= 0.3 is 6.03 Å². The Hall–Kier alpha value is -1.98. The molecule has 124 valence electrons. The van der Waals surface area contributed by atoms with Gasteiger partial charge in [-0.05, 0) is 37.8 Å². The van der Waals surface area contributed by atoms with Crippen LogP contribution < -0.4 is 16.0 Å². The van der Waals surface area contributed by atoms with Crippen LogP contribution in [0.2, 0.25) is 0 Å². The van der Waals surface area contributed by atoms with Crippen molar-refractivity contribution >= 4 is 11.9 Å². The van der Waals surface area contributed by atoms with Crippen molar-refractivity contribution in [1.82, 2.24) is 16.0 Å². The van der Waals surface area contributed by atoms with Gasteiger partial charge in [-0.3, -0.25) is 4.79 Å². The number of hydrogen-bond acceptors (Lipinski definition) is 3. The van der Waals surface area contributed by atoms with E-state index >= 15 is 0 Å². The summed E-state index contributed by atoms with van der Waals surface area (Å²) in [4.78, 5) is 23.5. The second-order valence-electron chi connectivity index (χ2n) is 7.29. The summed E-state index contributed by atoms with van der Waals surface area (Å²) in [6.07, 6.45) is 2.39. The van der Waals surface area contributed by atoms with Crippen LogP contribution in [-0.4, -0.2) is 24.0 Å². The SMILES string of the molecule is CC(C)(C)CC(C)(C)NC(=O)CNC(=O)NCc1ccco1. The molecule has 0 saturated carbocycles. The molecule has 3 N–H and O–H groups in total. The summed E-state index contributed by atoms with van der Waals surface area (Å²) in [5, 5.41) is 8.08. The highest BCUT2D eigenvalue weighted by atomic mass is 16.3. The largest absolute Gasteiger partial charge is 0.467 e. The smallest absolute Gasteiger partial charge is 0.315 e. The molecular weight excluding hydrogens is 282 g/mol. The van der Waals surface area contributed by atoms with Crippen molar-refractivity contribution in [2.75, 3.05) is 6.54 Å². The van der Waals surface area contributed by atoms with E-state index in [0.717, 1.165) is 6.42 Å². The van der Waals surface area contributed by atoms with E-state index in [0.29, 0.717) is 5.76 Å². The quantitative estimate of drug-likeness (QED) is 0.754. The maximum absolute atomic E-state index is 11.9. The zero-order chi connectivity index (χ0) is 16.8. The second-order valence-corrected chi connectivity index (χ2v) is 7.29. The fourth-order valence-corrected chi connectivity index (χ4v) is 2.60. The molecule has 0 unspecified atom stereocenters. The van der Waals surface area contributed by atoms with Gasteiger partial charge in [0.2, 0.25) is 5.91 Å². The fourth-order valence-electron chi connectivity index (χ4n) is 2.60. The number of furan rings is 1. The molecule has 22 heavy (non-hydrogen) atoms. The van der Waals surface area contributed by atoms with E-state index in [1.54, 1.807) is 18.4 Å². The third kappa shape index (κ3) is 7.71. The molecule has 0 spiro atoms. The predicted molar refractivity (Wildman–Crippen MR) is 85.2 cm³/mol. The van der Waals surface area contributed by atoms with E-state index < -0.39 is 6.03 Å². The van der Waals surface area contributed by atoms with Crippen LogP contribution in [0.5, 0.6) is 0 Å². The van der Waals surface area contributed by atoms with Crippen molar-refractivity contribution in [3.8, 4) is 0 Å². The maximum Gasteiger partial charge on any atom is 0.315 e. The van der Waals surface area contributed by atoms with Crippen LogP contribution in [0.15, 0.2) is 22.8 Å². The minimum atomic E-state index is -0.403. The van der Waals surface area contributed by atoms with Crippen LogP contribution in [0.25, 0.3) is 0 Å². The van der Waals surface area contributed by atoms with Gasteiger partial charge in [-0.1, -0.05) is 20.8 Å². The highest BCUT2D eigenvalue weighted by Crippen LogP contribution is 2.26. The third-order valence-corrected chi connectivity index (χ3v) is 2.86. The first-order valence-corrected chi connectivity index (χ1v) is 7.42. The Kier molecular flexibility index (Phi) is 6.02. The number of rotatable bonds is 6. The summed E-state index contributed by atoms with van der Waals surface area (Å²) < 4.78 is 5.10. The molecule has 0 aliphatic heterocycles. The van der Waals surface area contributed by atoms with Gasteiger partial charge in [0.15, 0.2) is 0 Å². The van der Waals surface area contributed by atoms with Crippen molar-refractivity contribution in [2.45, 2.75) is 53.1 Å². The minimum absolute atomic E-state index is 0.0580. The Morgan fingerprint density at radius 3 is 2.36 bits per heavy atom. The van der Waals surface area contributed by atoms with Crippen LogP contribution in [0.4, 0.5) is 4.79 Å². The summed E-state index contributed by atoms with van der Waals surface area (Å²) >= 11 is 0. The van der Waals surface area contributed by atoms with E-state index in [1.165, 1.54) is 0 Å². The number of urea groups is 1. The molecule has 6 nitrogen and oxygen atoms in total. The average Bonchev–Trinajstić information content (AvgIpc) is 2.83. The first-order valence-electron chi connectivity index (χ1n) is 7.42. The van der Waals surface area contributed by atoms with Crippen LogP contribution in [0.3, 0.4) is 0 Å². The van der Waals surface area contributed by atoms with E-state index in [-0.39, 0.29) is 30.0 Å². The molecular formula is C16H27N3O3. The summed E-state index contributed by atoms with van der Waals surface area (Å²) in [7, 11) is 0. The Labute approximate surface area is 132 Å². The Morgan fingerprint density at radius 1 is 1.14 bits per heavy atom. The topological polar surface area (TPSA) is 83.4 Å². The van der Waals surface area contributed by atoms with Gasteiger partial charge in [0, 0.05) is 5.54 Å². The first kappa shape index (κ1) is 18.1. The average molecular weight is 309 g/mol. The molecule has 0 fully saturated rings. The lowest BCUT2D eigenvalue weighted by Crippen LogP contribution is -2.50. The van der Waals surface area contributed by atoms with Gasteiger partial charge in [-0.25, -0.2) is 4.79 Å². The lowest BCUT2D eigenvalue weighted by molar-refractivity contribution is -0.121. The molecule has 3 amide bonds. The van der Waals surface area contributed by atoms with Crippen molar-refractivity contribution < 1.29 is 14.0 Å². The number of hydrogen-bond donors (Lipinski definition) is 3. The molecule has 0 radical (unpaired) electrons. The molecule has 1 aromatic rings. The van der Waals surface area contributed by atoms with Crippen molar-refractivity contribution in [2.24, 2.45) is 5.41 Å². The van der Waals surface area contributed by atoms with Crippen LogP contribution in [0.1, 0.15) is 46.8 Å². The molecule has 0 bridgehead atoms. The van der Waals surface area contributed by atoms with Crippen LogP contribution >= 0.6 is 0 Å². The minimum Gasteiger partial charge on any atom is -0.467 e. The molecule has 1 heterocycles. The predicted octanol–water partition coefficient (Wildman–Crippen LogP) is 2.41. The maximum atomic E-state index is 11.9. The van der Waals surface area contributed by atoms with Crippen LogP contribution in [0, 0.1) is 5.41 Å². The van der Waals surface area contributed by atoms with Gasteiger partial charge in [0.1, 0.15) is 5.76 Å². The molecule has 0 saturated heterocycles. The normalized spacial score (nSPS) is 11.9. The molecule has 6 heteroatoms. The van der Waals surface area contributed by atoms with Gasteiger partial charge in [0.25, 0.3) is 0 Å². The molecule has 0 aliphatic carbocycles. The summed E-state index contributed by atoms with van der Waals surface area (Å²) in [6, 6.07) is 3.11. The first-order chi connectivity index (χ1) is 10.1. The highest BCUT2D eigenvalue weighted by Gasteiger charge is 2.26. The van der Waals surface area contributed by atoms with Crippen molar-refractivity contribution in [3.05, 3.63) is 24.2 Å². The Morgan fingerprint density at radius 2 is 1.82 bits per heavy atom. The summed E-state index contributed by atoms with van der Waals surface area (Å²) in [6.45, 7) is 10.6. The fraction of sp³-hybridized carbons (Fsp3) is 0.625. The van der Waals surface area contributed by atoms with Gasteiger partial charge in [0.05, 0.1) is 19.4 Å². The molecule has 0 aromatic carbocycles. The van der Waals surface area contributed by atoms with Crippen molar-refractivity contribution in [1.29, 1.82) is 0 Å². The number of amides is 3. The highest BCUT2D eigenvalue weighted by molar-refractivity contribution is 5.84. The number of carbonyl (C=O) groups excluding carboxylic acids is 2. The summed E-state index contributed by atoms with van der Waals surface area (Å²) in [5.74, 6) is 0.452. The molecule has 0 atom stereocenters. The molecule has 1 aromatic heterocycles. The van der Waals surface area contributed by atoms with Crippen molar-refractivity contribution in [3.63, 3.8) is 0 Å². The van der Waals surface area contributed by atoms with E-state index in [2.05, 4.69) is 36.7 Å². The van der Waals surface area contributed by atoms with Gasteiger partial charge in [-0.2, -0.15) is 0 Å². The van der Waals surface area contributed by atoms with E-state index in [1.807, 2.05) is 13.8 Å². The lowest BCUT2D eigenvalue weighted by atomic mass is 9.82. The second kappa shape index (κ2) is 7.33. The third-order valence-electron chi connectivity index (χ3n) is 2.86. The zero-order valence-electron chi connectivity index (χ0n) is 14.1. The van der Waals surface area contributed by atoms with E-state index in [9.17, 15) is 9.59 Å². The van der Waals surface area contributed by atoms with E-state index in [4.69, 9.17) is 4.42 Å². The van der Waals surface area contributed by atoms with Crippen LogP contribution in [-0.2, 0) is 11.3 Å². The molecule has 0 aliphatic rings. The van der Waals surface area contributed by atoms with Gasteiger partial charge < -0.3 is 20.4 Å².